The van der Waals surface area contributed by atoms with Crippen LogP contribution in [0.25, 0.3) is 0 Å². The van der Waals surface area contributed by atoms with Crippen molar-refractivity contribution in [2.45, 2.75) is 70.5 Å². The minimum atomic E-state index is -5.03. The second-order valence-electron chi connectivity index (χ2n) is 9.68. The molecule has 4 rings (SSSR count). The molecule has 2 aliphatic rings. The predicted octanol–water partition coefficient (Wildman–Crippen LogP) is 7.28. The maximum Gasteiger partial charge on any atom is 0.416 e. The van der Waals surface area contributed by atoms with Crippen LogP contribution in [0.4, 0.5) is 41.6 Å². The zero-order valence-electron chi connectivity index (χ0n) is 21.6. The summed E-state index contributed by atoms with van der Waals surface area (Å²) in [6.45, 7) is 2.99. The summed E-state index contributed by atoms with van der Waals surface area (Å²) in [7, 11) is 1.09. The zero-order chi connectivity index (χ0) is 28.7. The van der Waals surface area contributed by atoms with Gasteiger partial charge in [-0.1, -0.05) is 12.1 Å². The first kappa shape index (κ1) is 28.6. The van der Waals surface area contributed by atoms with Crippen LogP contribution in [-0.4, -0.2) is 36.8 Å². The van der Waals surface area contributed by atoms with E-state index in [1.807, 2.05) is 6.07 Å². The number of hydrogen-bond donors (Lipinski definition) is 0. The zero-order valence-corrected chi connectivity index (χ0v) is 21.6. The second kappa shape index (κ2) is 10.6. The van der Waals surface area contributed by atoms with E-state index in [1.54, 1.807) is 19.9 Å². The van der Waals surface area contributed by atoms with Gasteiger partial charge in [0.15, 0.2) is 0 Å². The van der Waals surface area contributed by atoms with E-state index in [9.17, 15) is 35.9 Å². The molecular weight excluding hydrogens is 530 g/mol. The van der Waals surface area contributed by atoms with E-state index in [4.69, 9.17) is 9.47 Å². The molecule has 0 N–H and O–H groups in total. The molecule has 0 spiro atoms. The average Bonchev–Trinajstić information content (AvgIpc) is 3.34. The van der Waals surface area contributed by atoms with Crippen molar-refractivity contribution in [3.63, 3.8) is 0 Å². The van der Waals surface area contributed by atoms with Gasteiger partial charge in [-0.25, -0.2) is 9.59 Å². The van der Waals surface area contributed by atoms with E-state index >= 15 is 0 Å². The predicted molar refractivity (Wildman–Crippen MR) is 129 cm³/mol. The van der Waals surface area contributed by atoms with Crippen LogP contribution in [0.2, 0.25) is 0 Å². The van der Waals surface area contributed by atoms with Crippen molar-refractivity contribution in [3.8, 4) is 0 Å². The highest BCUT2D eigenvalue weighted by Gasteiger charge is 2.42. The summed E-state index contributed by atoms with van der Waals surface area (Å²) in [5, 5.41) is 0. The van der Waals surface area contributed by atoms with E-state index in [1.165, 1.54) is 4.90 Å². The van der Waals surface area contributed by atoms with Gasteiger partial charge in [-0.2, -0.15) is 26.3 Å². The number of carbonyl (C=O) groups is 2. The van der Waals surface area contributed by atoms with Crippen LogP contribution in [0, 0.1) is 0 Å². The van der Waals surface area contributed by atoms with Gasteiger partial charge in [0.05, 0.1) is 36.6 Å². The van der Waals surface area contributed by atoms with Crippen molar-refractivity contribution >= 4 is 17.9 Å². The van der Waals surface area contributed by atoms with Gasteiger partial charge in [0.1, 0.15) is 0 Å². The number of methoxy groups -OCH3 is 1. The molecule has 0 saturated carbocycles. The number of halogens is 6. The topological polar surface area (TPSA) is 59.1 Å². The Morgan fingerprint density at radius 3 is 2.23 bits per heavy atom. The lowest BCUT2D eigenvalue weighted by atomic mass is 9.87. The van der Waals surface area contributed by atoms with Gasteiger partial charge in [-0.3, -0.25) is 9.80 Å². The molecule has 0 saturated heterocycles. The van der Waals surface area contributed by atoms with Crippen LogP contribution in [0.1, 0.15) is 66.1 Å². The van der Waals surface area contributed by atoms with Gasteiger partial charge in [-0.15, -0.1) is 0 Å². The van der Waals surface area contributed by atoms with E-state index in [-0.39, 0.29) is 24.7 Å². The molecule has 0 radical (unpaired) electrons. The number of rotatable bonds is 4. The highest BCUT2D eigenvalue weighted by atomic mass is 19.4. The largest absolute Gasteiger partial charge is 0.453 e. The first-order valence-corrected chi connectivity index (χ1v) is 12.5. The number of hydrogen-bond acceptors (Lipinski definition) is 4. The molecule has 1 aliphatic carbocycles. The Bertz CT molecular complexity index is 1230. The van der Waals surface area contributed by atoms with Crippen LogP contribution in [0.3, 0.4) is 0 Å². The third kappa shape index (κ3) is 5.65. The number of amides is 2. The van der Waals surface area contributed by atoms with Crippen molar-refractivity contribution in [1.82, 2.24) is 4.90 Å². The van der Waals surface area contributed by atoms with Crippen LogP contribution in [0.5, 0.6) is 0 Å². The highest BCUT2D eigenvalue weighted by molar-refractivity contribution is 5.92. The maximum atomic E-state index is 13.5. The number of benzene rings is 2. The normalized spacial score (nSPS) is 18.8. The second-order valence-corrected chi connectivity index (χ2v) is 9.68. The summed E-state index contributed by atoms with van der Waals surface area (Å²) in [5.41, 5.74) is -0.225. The Kier molecular flexibility index (Phi) is 7.77. The van der Waals surface area contributed by atoms with Crippen molar-refractivity contribution < 1.29 is 45.4 Å². The van der Waals surface area contributed by atoms with Gasteiger partial charge in [0.25, 0.3) is 0 Å². The summed E-state index contributed by atoms with van der Waals surface area (Å²) >= 11 is 0. The molecule has 12 heteroatoms. The molecule has 6 nitrogen and oxygen atoms in total. The van der Waals surface area contributed by atoms with Crippen molar-refractivity contribution in [3.05, 3.63) is 63.7 Å². The number of alkyl halides is 6. The molecule has 2 atom stereocenters. The van der Waals surface area contributed by atoms with E-state index in [0.29, 0.717) is 29.8 Å². The Morgan fingerprint density at radius 1 is 1.03 bits per heavy atom. The van der Waals surface area contributed by atoms with Crippen LogP contribution in [-0.2, 0) is 41.2 Å². The number of nitrogens with zero attached hydrogens (tertiary/aromatic N) is 2. The smallest absolute Gasteiger partial charge is 0.416 e. The molecule has 1 heterocycles. The average molecular weight is 559 g/mol. The molecule has 0 bridgehead atoms. The Hall–Kier alpha value is -3.44. The third-order valence-corrected chi connectivity index (χ3v) is 7.14. The summed E-state index contributed by atoms with van der Waals surface area (Å²) in [6.07, 6.45) is -9.07. The molecule has 212 valence electrons. The first-order chi connectivity index (χ1) is 18.3. The standard InChI is InChI=1S/C27H28F6N2O4/c1-4-39-25(37)35-15(2)10-22(21-9-8-17-6-5-7-20(17)23(21)35)34(24(36)38-3)14-16-11-18(26(28,29)30)13-19(12-16)27(31,32)33/h8-9,11-13,15,22H,4-7,10,14H2,1-3H3. The summed E-state index contributed by atoms with van der Waals surface area (Å²) in [5.74, 6) is 0. The Labute approximate surface area is 221 Å². The van der Waals surface area contributed by atoms with Gasteiger partial charge in [0.2, 0.25) is 0 Å². The Morgan fingerprint density at radius 2 is 1.67 bits per heavy atom. The molecule has 0 fully saturated rings. The molecular formula is C27H28F6N2O4. The minimum absolute atomic E-state index is 0.0461. The SMILES string of the molecule is CCOC(=O)N1c2c(ccc3c2CCC3)C(N(Cc2cc(C(F)(F)F)cc(C(F)(F)F)c2)C(=O)OC)CC1C. The van der Waals surface area contributed by atoms with Crippen LogP contribution in [0.15, 0.2) is 30.3 Å². The monoisotopic (exact) mass is 558 g/mol. The van der Waals surface area contributed by atoms with E-state index in [2.05, 4.69) is 0 Å². The maximum absolute atomic E-state index is 13.5. The first-order valence-electron chi connectivity index (χ1n) is 12.5. The van der Waals surface area contributed by atoms with E-state index < -0.39 is 54.3 Å². The molecule has 0 aromatic heterocycles. The molecule has 2 aromatic carbocycles. The highest BCUT2D eigenvalue weighted by Crippen LogP contribution is 2.47. The molecule has 1 aliphatic heterocycles. The number of fused-ring (bicyclic) bond motifs is 3. The quantitative estimate of drug-likeness (QED) is 0.370. The van der Waals surface area contributed by atoms with Crippen molar-refractivity contribution in [1.29, 1.82) is 0 Å². The fourth-order valence-electron chi connectivity index (χ4n) is 5.48. The lowest BCUT2D eigenvalue weighted by Crippen LogP contribution is -2.48. The summed E-state index contributed by atoms with van der Waals surface area (Å²) in [4.78, 5) is 28.6. The van der Waals surface area contributed by atoms with Crippen molar-refractivity contribution in [2.24, 2.45) is 0 Å². The van der Waals surface area contributed by atoms with Crippen LogP contribution >= 0.6 is 0 Å². The lowest BCUT2D eigenvalue weighted by molar-refractivity contribution is -0.143. The number of aryl methyl sites for hydroxylation is 1. The molecule has 2 unspecified atom stereocenters. The number of carbonyl (C=O) groups excluding carboxylic acids is 2. The molecule has 2 aromatic rings. The number of anilines is 1. The van der Waals surface area contributed by atoms with E-state index in [0.717, 1.165) is 36.0 Å². The summed E-state index contributed by atoms with van der Waals surface area (Å²) < 4.78 is 91.1. The summed E-state index contributed by atoms with van der Waals surface area (Å²) in [6, 6.07) is 3.61. The fourth-order valence-corrected chi connectivity index (χ4v) is 5.48. The molecule has 39 heavy (non-hydrogen) atoms. The van der Waals surface area contributed by atoms with Gasteiger partial charge < -0.3 is 9.47 Å². The van der Waals surface area contributed by atoms with Crippen LogP contribution < -0.4 is 4.90 Å². The van der Waals surface area contributed by atoms with Gasteiger partial charge >= 0.3 is 24.5 Å². The van der Waals surface area contributed by atoms with Crippen molar-refractivity contribution in [2.75, 3.05) is 18.6 Å². The lowest BCUT2D eigenvalue weighted by Gasteiger charge is -2.43. The van der Waals surface area contributed by atoms with Gasteiger partial charge in [0, 0.05) is 12.6 Å². The number of ether oxygens (including phenoxy) is 2. The minimum Gasteiger partial charge on any atom is -0.453 e. The molecule has 2 amide bonds. The fraction of sp³-hybridized carbons (Fsp3) is 0.481. The van der Waals surface area contributed by atoms with Gasteiger partial charge in [-0.05, 0) is 80.0 Å². The third-order valence-electron chi connectivity index (χ3n) is 7.14. The Balaban J connectivity index is 1.83.